The predicted octanol–water partition coefficient (Wildman–Crippen LogP) is 8.34. The first-order valence-corrected chi connectivity index (χ1v) is 12.6. The summed E-state index contributed by atoms with van der Waals surface area (Å²) < 4.78 is 4.48. The molecule has 0 saturated heterocycles. The Morgan fingerprint density at radius 1 is 0.526 bits per heavy atom. The first-order valence-electron chi connectivity index (χ1n) is 12.6. The van der Waals surface area contributed by atoms with Crippen molar-refractivity contribution in [1.82, 2.24) is 19.3 Å². The molecule has 38 heavy (non-hydrogen) atoms. The summed E-state index contributed by atoms with van der Waals surface area (Å²) in [6.07, 6.45) is 1.85. The van der Waals surface area contributed by atoms with Crippen molar-refractivity contribution >= 4 is 27.9 Å². The van der Waals surface area contributed by atoms with Crippen LogP contribution in [0.25, 0.3) is 62.0 Å². The molecule has 0 aliphatic carbocycles. The highest BCUT2D eigenvalue weighted by Crippen LogP contribution is 2.37. The fourth-order valence-corrected chi connectivity index (χ4v) is 5.28. The number of hydrogen-bond acceptors (Lipinski definition) is 2. The van der Waals surface area contributed by atoms with E-state index in [2.05, 4.69) is 125 Å². The maximum Gasteiger partial charge on any atom is 0.170 e. The van der Waals surface area contributed by atoms with Crippen LogP contribution in [0.3, 0.4) is 0 Å². The first-order chi connectivity index (χ1) is 18.8. The van der Waals surface area contributed by atoms with Gasteiger partial charge in [-0.25, -0.2) is 0 Å². The molecule has 4 heteroatoms. The molecule has 4 nitrogen and oxygen atoms in total. The van der Waals surface area contributed by atoms with Gasteiger partial charge >= 0.3 is 0 Å². The summed E-state index contributed by atoms with van der Waals surface area (Å²) in [5.74, 6) is 1.58. The molecule has 0 atom stereocenters. The van der Waals surface area contributed by atoms with E-state index >= 15 is 0 Å². The zero-order valence-corrected chi connectivity index (χ0v) is 20.7. The van der Waals surface area contributed by atoms with E-state index in [1.807, 2.05) is 24.3 Å². The number of hydrogen-bond donors (Lipinski definition) is 0. The molecule has 0 aliphatic heterocycles. The highest BCUT2D eigenvalue weighted by Gasteiger charge is 2.21. The van der Waals surface area contributed by atoms with Gasteiger partial charge in [-0.05, 0) is 42.0 Å². The second-order valence-electron chi connectivity index (χ2n) is 9.23. The SMILES string of the molecule is C=Cc1ccc(-c2nnc(-c3ccccc3-n3c4ccccc4c4ccccc43)n2-c2ccccc2)cc1. The topological polar surface area (TPSA) is 35.6 Å². The van der Waals surface area contributed by atoms with E-state index in [1.165, 1.54) is 10.8 Å². The monoisotopic (exact) mass is 488 g/mol. The maximum atomic E-state index is 4.79. The van der Waals surface area contributed by atoms with Crippen LogP contribution in [-0.2, 0) is 0 Å². The van der Waals surface area contributed by atoms with E-state index in [1.54, 1.807) is 0 Å². The van der Waals surface area contributed by atoms with Gasteiger partial charge in [0.25, 0.3) is 0 Å². The molecule has 7 aromatic rings. The number of para-hydroxylation sites is 4. The number of fused-ring (bicyclic) bond motifs is 3. The van der Waals surface area contributed by atoms with Crippen molar-refractivity contribution in [3.63, 3.8) is 0 Å². The Morgan fingerprint density at radius 2 is 1.11 bits per heavy atom. The summed E-state index contributed by atoms with van der Waals surface area (Å²) in [4.78, 5) is 0. The van der Waals surface area contributed by atoms with Gasteiger partial charge in [-0.1, -0.05) is 104 Å². The van der Waals surface area contributed by atoms with Crippen molar-refractivity contribution in [2.45, 2.75) is 0 Å². The number of nitrogens with zero attached hydrogens (tertiary/aromatic N) is 4. The second-order valence-corrected chi connectivity index (χ2v) is 9.23. The van der Waals surface area contributed by atoms with E-state index in [4.69, 9.17) is 10.2 Å². The molecule has 2 aromatic heterocycles. The molecule has 0 saturated carbocycles. The van der Waals surface area contributed by atoms with Gasteiger partial charge in [-0.15, -0.1) is 10.2 Å². The average Bonchev–Trinajstić information content (AvgIpc) is 3.58. The number of rotatable bonds is 5. The Kier molecular flexibility index (Phi) is 5.22. The van der Waals surface area contributed by atoms with E-state index in [-0.39, 0.29) is 0 Å². The molecule has 0 fully saturated rings. The Morgan fingerprint density at radius 3 is 1.79 bits per heavy atom. The minimum Gasteiger partial charge on any atom is -0.309 e. The maximum absolute atomic E-state index is 4.79. The lowest BCUT2D eigenvalue weighted by molar-refractivity contribution is 1.06. The second kappa shape index (κ2) is 9.02. The standard InChI is InChI=1S/C34H24N4/c1-2-24-20-22-25(23-21-24)33-35-36-34(37(33)26-12-4-3-5-13-26)29-16-8-11-19-32(29)38-30-17-9-6-14-27(30)28-15-7-10-18-31(28)38/h2-23H,1H2. The summed E-state index contributed by atoms with van der Waals surface area (Å²) in [7, 11) is 0. The zero-order valence-electron chi connectivity index (χ0n) is 20.7. The highest BCUT2D eigenvalue weighted by molar-refractivity contribution is 6.09. The molecular weight excluding hydrogens is 464 g/mol. The molecule has 0 bridgehead atoms. The Balaban J connectivity index is 1.52. The van der Waals surface area contributed by atoms with Crippen LogP contribution in [0, 0.1) is 0 Å². The average molecular weight is 489 g/mol. The summed E-state index contributed by atoms with van der Waals surface area (Å²) >= 11 is 0. The fraction of sp³-hybridized carbons (Fsp3) is 0. The van der Waals surface area contributed by atoms with Crippen LogP contribution in [-0.4, -0.2) is 19.3 Å². The van der Waals surface area contributed by atoms with E-state index in [0.717, 1.165) is 50.7 Å². The Hall–Kier alpha value is -5.22. The molecule has 0 aliphatic rings. The van der Waals surface area contributed by atoms with Gasteiger partial charge in [0.15, 0.2) is 11.6 Å². The van der Waals surface area contributed by atoms with Crippen molar-refractivity contribution in [2.24, 2.45) is 0 Å². The molecule has 0 unspecified atom stereocenters. The van der Waals surface area contributed by atoms with Gasteiger partial charge < -0.3 is 4.57 Å². The van der Waals surface area contributed by atoms with Gasteiger partial charge in [0.2, 0.25) is 0 Å². The minimum absolute atomic E-state index is 0.788. The summed E-state index contributed by atoms with van der Waals surface area (Å²) in [6, 6.07) is 44.1. The predicted molar refractivity (Wildman–Crippen MR) is 157 cm³/mol. The summed E-state index contributed by atoms with van der Waals surface area (Å²) in [6.45, 7) is 3.88. The van der Waals surface area contributed by atoms with E-state index in [0.29, 0.717) is 0 Å². The fourth-order valence-electron chi connectivity index (χ4n) is 5.28. The molecule has 5 aromatic carbocycles. The van der Waals surface area contributed by atoms with Crippen molar-refractivity contribution < 1.29 is 0 Å². The van der Waals surface area contributed by atoms with Crippen molar-refractivity contribution in [3.8, 4) is 34.2 Å². The van der Waals surface area contributed by atoms with Crippen LogP contribution >= 0.6 is 0 Å². The van der Waals surface area contributed by atoms with Gasteiger partial charge in [-0.3, -0.25) is 4.57 Å². The minimum atomic E-state index is 0.788. The Labute approximate surface area is 220 Å². The lowest BCUT2D eigenvalue weighted by Gasteiger charge is -2.15. The van der Waals surface area contributed by atoms with Crippen molar-refractivity contribution in [1.29, 1.82) is 0 Å². The van der Waals surface area contributed by atoms with Crippen LogP contribution in [0.2, 0.25) is 0 Å². The van der Waals surface area contributed by atoms with E-state index in [9.17, 15) is 0 Å². The van der Waals surface area contributed by atoms with Crippen LogP contribution in [0.15, 0.2) is 134 Å². The number of aromatic nitrogens is 4. The molecule has 180 valence electrons. The van der Waals surface area contributed by atoms with Gasteiger partial charge in [0, 0.05) is 27.6 Å². The molecule has 0 amide bonds. The zero-order chi connectivity index (χ0) is 25.5. The third kappa shape index (κ3) is 3.46. The summed E-state index contributed by atoms with van der Waals surface area (Å²) in [5, 5.41) is 12.0. The first kappa shape index (κ1) is 22.0. The van der Waals surface area contributed by atoms with E-state index < -0.39 is 0 Å². The largest absolute Gasteiger partial charge is 0.309 e. The van der Waals surface area contributed by atoms with Crippen LogP contribution < -0.4 is 0 Å². The third-order valence-electron chi connectivity index (χ3n) is 7.05. The highest BCUT2D eigenvalue weighted by atomic mass is 15.3. The van der Waals surface area contributed by atoms with Crippen LogP contribution in [0.1, 0.15) is 5.56 Å². The molecular formula is C34H24N4. The normalized spacial score (nSPS) is 11.3. The molecule has 0 spiro atoms. The molecule has 0 radical (unpaired) electrons. The van der Waals surface area contributed by atoms with Crippen LogP contribution in [0.4, 0.5) is 0 Å². The van der Waals surface area contributed by atoms with Crippen molar-refractivity contribution in [3.05, 3.63) is 140 Å². The van der Waals surface area contributed by atoms with Gasteiger partial charge in [0.1, 0.15) is 0 Å². The smallest absolute Gasteiger partial charge is 0.170 e. The van der Waals surface area contributed by atoms with Crippen LogP contribution in [0.5, 0.6) is 0 Å². The Bertz CT molecular complexity index is 1870. The van der Waals surface area contributed by atoms with Crippen molar-refractivity contribution in [2.75, 3.05) is 0 Å². The van der Waals surface area contributed by atoms with Gasteiger partial charge in [0.05, 0.1) is 16.7 Å². The molecule has 7 rings (SSSR count). The lowest BCUT2D eigenvalue weighted by Crippen LogP contribution is -2.03. The third-order valence-corrected chi connectivity index (χ3v) is 7.05. The number of benzene rings is 5. The molecule has 0 N–H and O–H groups in total. The quantitative estimate of drug-likeness (QED) is 0.244. The van der Waals surface area contributed by atoms with Gasteiger partial charge in [-0.2, -0.15) is 0 Å². The lowest BCUT2D eigenvalue weighted by atomic mass is 10.1. The molecule has 2 heterocycles. The summed E-state index contributed by atoms with van der Waals surface area (Å²) in [5.41, 5.74) is 7.45.